The average Bonchev–Trinajstić information content (AvgIpc) is 2.77. The van der Waals surface area contributed by atoms with Gasteiger partial charge in [0.15, 0.2) is 23.0 Å². The zero-order valence-corrected chi connectivity index (χ0v) is 22.4. The third-order valence-electron chi connectivity index (χ3n) is 7.19. The molecule has 4 unspecified atom stereocenters. The number of ether oxygens (including phenoxy) is 1. The van der Waals surface area contributed by atoms with Gasteiger partial charge in [0, 0.05) is 17.6 Å². The molecular weight excluding hydrogens is 491 g/mol. The molecule has 1 saturated heterocycles. The van der Waals surface area contributed by atoms with E-state index < -0.39 is 61.8 Å². The molecular formula is C26H31Cl2N2O5-. The highest BCUT2D eigenvalue weighted by Gasteiger charge is 2.71. The number of hydrogen-bond donors (Lipinski definition) is 1. The Morgan fingerprint density at radius 3 is 2.40 bits per heavy atom. The van der Waals surface area contributed by atoms with Crippen molar-refractivity contribution in [3.8, 4) is 0 Å². The molecule has 0 aromatic heterocycles. The molecule has 1 aliphatic heterocycles. The molecule has 1 fully saturated rings. The second kappa shape index (κ2) is 9.41. The smallest absolute Gasteiger partial charge is 0.196 e. The van der Waals surface area contributed by atoms with E-state index in [2.05, 4.69) is 11.2 Å². The minimum Gasteiger partial charge on any atom is -0.711 e. The molecule has 0 radical (unpaired) electrons. The van der Waals surface area contributed by atoms with Crippen molar-refractivity contribution in [1.82, 2.24) is 0 Å². The number of alkyl halides is 2. The first-order valence-corrected chi connectivity index (χ1v) is 12.4. The standard InChI is InChI=1S/C26H31Cl2N2O5/c1-13(2)8-7-9-14(3)10-11-26-23(34)17-18(20(31)15(4)21(32)19(17)30-29)22(33)25(26,28)12-16(27)24(5,6)35-26/h8,10,16,19,31H,7,9,11-12H2,1-6H3/q-1. The summed E-state index contributed by atoms with van der Waals surface area (Å²) in [7, 11) is 0. The Labute approximate surface area is 215 Å². The van der Waals surface area contributed by atoms with Gasteiger partial charge in [0.1, 0.15) is 16.7 Å². The van der Waals surface area contributed by atoms with Crippen LogP contribution >= 0.6 is 23.2 Å². The minimum atomic E-state index is -1.93. The van der Waals surface area contributed by atoms with Crippen LogP contribution in [0.3, 0.4) is 0 Å². The molecule has 1 heterocycles. The van der Waals surface area contributed by atoms with E-state index >= 15 is 0 Å². The van der Waals surface area contributed by atoms with Crippen LogP contribution < -0.4 is 0 Å². The van der Waals surface area contributed by atoms with Gasteiger partial charge in [0.25, 0.3) is 0 Å². The summed E-state index contributed by atoms with van der Waals surface area (Å²) in [4.78, 5) is 38.9. The Morgan fingerprint density at radius 2 is 1.83 bits per heavy atom. The van der Waals surface area contributed by atoms with Gasteiger partial charge in [-0.05, 0) is 60.8 Å². The number of nitrogens with zero attached hydrogens (tertiary/aromatic N) is 2. The molecule has 3 aliphatic rings. The molecule has 190 valence electrons. The van der Waals surface area contributed by atoms with E-state index in [1.807, 2.05) is 26.8 Å². The largest absolute Gasteiger partial charge is 0.711 e. The summed E-state index contributed by atoms with van der Waals surface area (Å²) in [6.07, 6.45) is 5.29. The lowest BCUT2D eigenvalue weighted by Crippen LogP contribution is -2.73. The van der Waals surface area contributed by atoms with E-state index in [4.69, 9.17) is 27.9 Å². The number of aliphatic hydroxyl groups is 1. The molecule has 0 amide bonds. The summed E-state index contributed by atoms with van der Waals surface area (Å²) in [5.41, 5.74) is 7.86. The topological polar surface area (TPSA) is 115 Å². The average molecular weight is 522 g/mol. The number of allylic oxidation sites excluding steroid dienone is 4. The minimum absolute atomic E-state index is 0.0542. The van der Waals surface area contributed by atoms with Crippen molar-refractivity contribution in [3.63, 3.8) is 0 Å². The maximum atomic E-state index is 14.2. The van der Waals surface area contributed by atoms with E-state index in [1.54, 1.807) is 13.8 Å². The highest BCUT2D eigenvalue weighted by molar-refractivity contribution is 6.46. The number of aliphatic hydroxyl groups excluding tert-OH is 1. The maximum Gasteiger partial charge on any atom is 0.196 e. The molecule has 9 heteroatoms. The van der Waals surface area contributed by atoms with Crippen LogP contribution in [0.15, 0.2) is 50.9 Å². The van der Waals surface area contributed by atoms with Crippen molar-refractivity contribution in [3.05, 3.63) is 51.3 Å². The molecule has 0 spiro atoms. The third kappa shape index (κ3) is 4.25. The monoisotopic (exact) mass is 521 g/mol. The Kier molecular flexibility index (Phi) is 7.40. The van der Waals surface area contributed by atoms with Crippen molar-refractivity contribution in [1.29, 1.82) is 0 Å². The molecule has 0 aromatic rings. The summed E-state index contributed by atoms with van der Waals surface area (Å²) in [6.45, 7) is 10.6. The first kappa shape index (κ1) is 27.5. The molecule has 35 heavy (non-hydrogen) atoms. The lowest BCUT2D eigenvalue weighted by Gasteiger charge is -2.57. The molecule has 3 rings (SSSR count). The Hall–Kier alpha value is -2.09. The van der Waals surface area contributed by atoms with Gasteiger partial charge in [0.2, 0.25) is 0 Å². The zero-order chi connectivity index (χ0) is 26.5. The number of carbonyl (C=O) groups is 3. The highest BCUT2D eigenvalue weighted by Crippen LogP contribution is 2.57. The van der Waals surface area contributed by atoms with E-state index in [9.17, 15) is 25.0 Å². The number of ketones is 3. The van der Waals surface area contributed by atoms with Crippen LogP contribution in [0.5, 0.6) is 0 Å². The molecule has 0 saturated carbocycles. The Balaban J connectivity index is 2.22. The Morgan fingerprint density at radius 1 is 1.20 bits per heavy atom. The van der Waals surface area contributed by atoms with Crippen LogP contribution in [0.25, 0.3) is 5.53 Å². The van der Waals surface area contributed by atoms with Gasteiger partial charge < -0.3 is 20.5 Å². The lowest BCUT2D eigenvalue weighted by atomic mass is 9.61. The fourth-order valence-electron chi connectivity index (χ4n) is 4.96. The molecule has 0 aromatic carbocycles. The summed E-state index contributed by atoms with van der Waals surface area (Å²) in [5, 5.41) is 13.1. The quantitative estimate of drug-likeness (QED) is 0.267. The van der Waals surface area contributed by atoms with Crippen molar-refractivity contribution in [2.24, 2.45) is 5.11 Å². The van der Waals surface area contributed by atoms with Gasteiger partial charge in [-0.1, -0.05) is 23.3 Å². The van der Waals surface area contributed by atoms with Crippen molar-refractivity contribution in [2.75, 3.05) is 0 Å². The predicted molar refractivity (Wildman–Crippen MR) is 135 cm³/mol. The maximum absolute atomic E-state index is 14.2. The molecule has 7 nitrogen and oxygen atoms in total. The van der Waals surface area contributed by atoms with Gasteiger partial charge in [-0.2, -0.15) is 0 Å². The SMILES string of the molecule is CC(C)=CCCC(C)=CCC12OC(C)(C)C(Cl)CC1(Cl)C(=O)C1=C(C2=O)C(N=[N-])C(=O)C(C)=C1O. The zero-order valence-electron chi connectivity index (χ0n) is 20.9. The number of fused-ring (bicyclic) bond motifs is 1. The first-order chi connectivity index (χ1) is 16.1. The predicted octanol–water partition coefficient (Wildman–Crippen LogP) is 5.85. The van der Waals surface area contributed by atoms with Crippen LogP contribution in [0.4, 0.5) is 0 Å². The second-order valence-corrected chi connectivity index (χ2v) is 11.6. The van der Waals surface area contributed by atoms with Crippen LogP contribution in [0, 0.1) is 0 Å². The molecule has 2 aliphatic carbocycles. The summed E-state index contributed by atoms with van der Waals surface area (Å²) < 4.78 is 6.34. The third-order valence-corrected chi connectivity index (χ3v) is 8.50. The van der Waals surface area contributed by atoms with E-state index in [-0.39, 0.29) is 18.4 Å². The van der Waals surface area contributed by atoms with Crippen molar-refractivity contribution in [2.45, 2.75) is 94.7 Å². The molecule has 4 atom stereocenters. The van der Waals surface area contributed by atoms with Crippen molar-refractivity contribution >= 4 is 40.6 Å². The first-order valence-electron chi connectivity index (χ1n) is 11.6. The van der Waals surface area contributed by atoms with Gasteiger partial charge in [-0.3, -0.25) is 14.4 Å². The number of rotatable bonds is 6. The van der Waals surface area contributed by atoms with Crippen LogP contribution in [-0.4, -0.2) is 50.0 Å². The van der Waals surface area contributed by atoms with E-state index in [0.717, 1.165) is 18.4 Å². The fraction of sp³-hybridized carbons (Fsp3) is 0.577. The fourth-order valence-corrected chi connectivity index (χ4v) is 5.76. The number of halogens is 2. The van der Waals surface area contributed by atoms with Gasteiger partial charge in [0.05, 0.1) is 16.6 Å². The van der Waals surface area contributed by atoms with Gasteiger partial charge >= 0.3 is 0 Å². The van der Waals surface area contributed by atoms with Crippen LogP contribution in [0.2, 0.25) is 0 Å². The van der Waals surface area contributed by atoms with Gasteiger partial charge in [-0.25, -0.2) is 0 Å². The Bertz CT molecular complexity index is 1130. The van der Waals surface area contributed by atoms with Crippen molar-refractivity contribution < 1.29 is 24.2 Å². The van der Waals surface area contributed by atoms with Crippen LogP contribution in [0.1, 0.15) is 67.2 Å². The van der Waals surface area contributed by atoms with Gasteiger partial charge in [-0.15, -0.1) is 23.2 Å². The van der Waals surface area contributed by atoms with E-state index in [1.165, 1.54) is 12.5 Å². The number of carbonyl (C=O) groups excluding carboxylic acids is 3. The molecule has 1 N–H and O–H groups in total. The van der Waals surface area contributed by atoms with E-state index in [0.29, 0.717) is 0 Å². The number of Topliss-reactive ketones (excluding diaryl/α,β-unsaturated/α-hetero) is 3. The lowest BCUT2D eigenvalue weighted by molar-refractivity contribution is -0.195. The normalized spacial score (nSPS) is 32.9. The summed E-state index contributed by atoms with van der Waals surface area (Å²) >= 11 is 13.6. The summed E-state index contributed by atoms with van der Waals surface area (Å²) in [5.74, 6) is -2.95. The van der Waals surface area contributed by atoms with Crippen LogP contribution in [-0.2, 0) is 19.1 Å². The highest BCUT2D eigenvalue weighted by atomic mass is 35.5. The second-order valence-electron chi connectivity index (χ2n) is 10.4. The summed E-state index contributed by atoms with van der Waals surface area (Å²) in [6, 6.07) is -1.65. The number of hydrogen-bond acceptors (Lipinski definition) is 6. The molecule has 0 bridgehead atoms.